The number of aliphatic carboxylic acids is 1. The van der Waals surface area contributed by atoms with Crippen molar-refractivity contribution in [1.82, 2.24) is 0 Å². The molecular weight excluding hydrogens is 278 g/mol. The second kappa shape index (κ2) is 4.25. The van der Waals surface area contributed by atoms with Crippen LogP contribution in [0.4, 0.5) is 4.39 Å². The second-order valence-corrected chi connectivity index (χ2v) is 3.73. The third kappa shape index (κ3) is 2.05. The van der Waals surface area contributed by atoms with E-state index in [0.29, 0.717) is 0 Å². The van der Waals surface area contributed by atoms with E-state index in [1.165, 1.54) is 6.07 Å². The molecule has 1 aromatic rings. The van der Waals surface area contributed by atoms with Gasteiger partial charge >= 0.3 is 5.97 Å². The molecule has 2 N–H and O–H groups in total. The summed E-state index contributed by atoms with van der Waals surface area (Å²) in [6.07, 6.45) is -1.84. The molecule has 0 heterocycles. The molecule has 6 heteroatoms. The molecule has 0 saturated heterocycles. The molecule has 14 heavy (non-hydrogen) atoms. The fourth-order valence-corrected chi connectivity index (χ4v) is 1.85. The van der Waals surface area contributed by atoms with E-state index in [4.69, 9.17) is 16.7 Å². The summed E-state index contributed by atoms with van der Waals surface area (Å²) in [5, 5.41) is 17.3. The van der Waals surface area contributed by atoms with Crippen LogP contribution in [0.3, 0.4) is 0 Å². The summed E-state index contributed by atoms with van der Waals surface area (Å²) in [6, 6.07) is 2.35. The lowest BCUT2D eigenvalue weighted by Crippen LogP contribution is -2.12. The largest absolute Gasteiger partial charge is 0.479 e. The van der Waals surface area contributed by atoms with Gasteiger partial charge in [0.05, 0.1) is 5.02 Å². The molecule has 0 aromatic heterocycles. The van der Waals surface area contributed by atoms with Gasteiger partial charge in [0, 0.05) is 10.0 Å². The highest BCUT2D eigenvalue weighted by Crippen LogP contribution is 2.32. The van der Waals surface area contributed by atoms with Gasteiger partial charge in [-0.15, -0.1) is 0 Å². The molecule has 0 bridgehead atoms. The van der Waals surface area contributed by atoms with Crippen LogP contribution in [-0.4, -0.2) is 16.2 Å². The minimum atomic E-state index is -1.84. The zero-order valence-corrected chi connectivity index (χ0v) is 9.01. The minimum absolute atomic E-state index is 0.181. The zero-order valence-electron chi connectivity index (χ0n) is 6.67. The highest BCUT2D eigenvalue weighted by Gasteiger charge is 2.23. The first-order valence-corrected chi connectivity index (χ1v) is 4.66. The van der Waals surface area contributed by atoms with Crippen LogP contribution in [-0.2, 0) is 4.79 Å². The Bertz CT molecular complexity index is 383. The predicted molar refractivity (Wildman–Crippen MR) is 51.7 cm³/mol. The van der Waals surface area contributed by atoms with Crippen molar-refractivity contribution < 1.29 is 19.4 Å². The molecule has 76 valence electrons. The summed E-state index contributed by atoms with van der Waals surface area (Å²) in [4.78, 5) is 10.5. The number of aliphatic hydroxyl groups is 1. The fraction of sp³-hybridized carbons (Fsp3) is 0.125. The average molecular weight is 283 g/mol. The topological polar surface area (TPSA) is 57.5 Å². The number of carboxylic acids is 1. The lowest BCUT2D eigenvalue weighted by molar-refractivity contribution is -0.147. The summed E-state index contributed by atoms with van der Waals surface area (Å²) >= 11 is 8.48. The Morgan fingerprint density at radius 2 is 2.14 bits per heavy atom. The van der Waals surface area contributed by atoms with Crippen LogP contribution in [0.2, 0.25) is 5.02 Å². The number of carbonyl (C=O) groups is 1. The van der Waals surface area contributed by atoms with Crippen molar-refractivity contribution in [3.63, 3.8) is 0 Å². The molecule has 1 aromatic carbocycles. The number of hydrogen-bond acceptors (Lipinski definition) is 2. The third-order valence-electron chi connectivity index (χ3n) is 1.59. The molecule has 0 aliphatic rings. The van der Waals surface area contributed by atoms with E-state index < -0.39 is 22.9 Å². The lowest BCUT2D eigenvalue weighted by Gasteiger charge is -2.10. The van der Waals surface area contributed by atoms with Crippen LogP contribution in [0.25, 0.3) is 0 Å². The normalized spacial score (nSPS) is 12.6. The highest BCUT2D eigenvalue weighted by molar-refractivity contribution is 9.10. The maximum absolute atomic E-state index is 12.9. The molecular formula is C8H5BrClFO3. The van der Waals surface area contributed by atoms with E-state index in [0.717, 1.165) is 6.07 Å². The molecule has 0 aliphatic carbocycles. The van der Waals surface area contributed by atoms with Gasteiger partial charge in [-0.3, -0.25) is 0 Å². The number of rotatable bonds is 2. The quantitative estimate of drug-likeness (QED) is 0.819. The second-order valence-electron chi connectivity index (χ2n) is 2.50. The Morgan fingerprint density at radius 3 is 2.64 bits per heavy atom. The first-order valence-electron chi connectivity index (χ1n) is 3.49. The molecule has 0 saturated carbocycles. The van der Waals surface area contributed by atoms with Crippen molar-refractivity contribution >= 4 is 33.5 Å². The third-order valence-corrected chi connectivity index (χ3v) is 2.66. The van der Waals surface area contributed by atoms with Gasteiger partial charge in [0.25, 0.3) is 0 Å². The number of benzene rings is 1. The van der Waals surface area contributed by atoms with Crippen LogP contribution < -0.4 is 0 Å². The number of aliphatic hydroxyl groups excluding tert-OH is 1. The lowest BCUT2D eigenvalue weighted by atomic mass is 10.1. The summed E-state index contributed by atoms with van der Waals surface area (Å²) in [5.74, 6) is -2.26. The average Bonchev–Trinajstić information content (AvgIpc) is 2.12. The Labute approximate surface area is 92.2 Å². The number of carboxylic acid groups (broad SMARTS) is 1. The minimum Gasteiger partial charge on any atom is -0.479 e. The maximum atomic E-state index is 12.9. The van der Waals surface area contributed by atoms with Gasteiger partial charge in [-0.05, 0) is 12.1 Å². The van der Waals surface area contributed by atoms with Crippen LogP contribution in [0.5, 0.6) is 0 Å². The van der Waals surface area contributed by atoms with Gasteiger partial charge in [-0.25, -0.2) is 9.18 Å². The maximum Gasteiger partial charge on any atom is 0.337 e. The van der Waals surface area contributed by atoms with E-state index in [9.17, 15) is 14.3 Å². The Hall–Kier alpha value is -0.650. The smallest absolute Gasteiger partial charge is 0.337 e. The van der Waals surface area contributed by atoms with E-state index in [1.54, 1.807) is 0 Å². The van der Waals surface area contributed by atoms with Crippen molar-refractivity contribution in [2.45, 2.75) is 6.10 Å². The predicted octanol–water partition coefficient (Wildman–Crippen LogP) is 2.36. The Balaban J connectivity index is 3.32. The summed E-state index contributed by atoms with van der Waals surface area (Å²) in [6.45, 7) is 0. The van der Waals surface area contributed by atoms with E-state index in [2.05, 4.69) is 15.9 Å². The van der Waals surface area contributed by atoms with Gasteiger partial charge in [-0.1, -0.05) is 27.5 Å². The zero-order chi connectivity index (χ0) is 10.9. The summed E-state index contributed by atoms with van der Waals surface area (Å²) in [7, 11) is 0. The van der Waals surface area contributed by atoms with Crippen molar-refractivity contribution in [2.24, 2.45) is 0 Å². The molecule has 3 nitrogen and oxygen atoms in total. The molecule has 0 radical (unpaired) electrons. The van der Waals surface area contributed by atoms with Crippen molar-refractivity contribution in [3.8, 4) is 0 Å². The van der Waals surface area contributed by atoms with E-state index in [-0.39, 0.29) is 10.0 Å². The Kier molecular flexibility index (Phi) is 3.47. The van der Waals surface area contributed by atoms with Crippen LogP contribution in [0.15, 0.2) is 16.6 Å². The number of hydrogen-bond donors (Lipinski definition) is 2. The van der Waals surface area contributed by atoms with Crippen LogP contribution >= 0.6 is 27.5 Å². The molecule has 1 rings (SSSR count). The summed E-state index contributed by atoms with van der Waals surface area (Å²) in [5.41, 5.74) is -0.181. The molecule has 0 spiro atoms. The first-order chi connectivity index (χ1) is 6.45. The van der Waals surface area contributed by atoms with E-state index in [1.807, 2.05) is 0 Å². The van der Waals surface area contributed by atoms with Crippen LogP contribution in [0.1, 0.15) is 11.7 Å². The highest BCUT2D eigenvalue weighted by atomic mass is 79.9. The SMILES string of the molecule is O=C(O)C(O)c1c(Br)ccc(F)c1Cl. The number of halogens is 3. The summed E-state index contributed by atoms with van der Waals surface area (Å²) < 4.78 is 13.2. The van der Waals surface area contributed by atoms with Crippen LogP contribution in [0, 0.1) is 5.82 Å². The van der Waals surface area contributed by atoms with Crippen molar-refractivity contribution in [1.29, 1.82) is 0 Å². The van der Waals surface area contributed by atoms with E-state index >= 15 is 0 Å². The first kappa shape index (κ1) is 11.4. The van der Waals surface area contributed by atoms with Crippen molar-refractivity contribution in [3.05, 3.63) is 33.0 Å². The van der Waals surface area contributed by atoms with Gasteiger partial charge in [0.15, 0.2) is 6.10 Å². The monoisotopic (exact) mass is 282 g/mol. The van der Waals surface area contributed by atoms with Gasteiger partial charge < -0.3 is 10.2 Å². The molecule has 1 atom stereocenters. The van der Waals surface area contributed by atoms with Gasteiger partial charge in [0.2, 0.25) is 0 Å². The fourth-order valence-electron chi connectivity index (χ4n) is 0.917. The van der Waals surface area contributed by atoms with Gasteiger partial charge in [0.1, 0.15) is 5.82 Å². The van der Waals surface area contributed by atoms with Gasteiger partial charge in [-0.2, -0.15) is 0 Å². The van der Waals surface area contributed by atoms with Crippen molar-refractivity contribution in [2.75, 3.05) is 0 Å². The molecule has 0 amide bonds. The molecule has 0 aliphatic heterocycles. The molecule has 0 fully saturated rings. The standard InChI is InChI=1S/C8H5BrClFO3/c9-3-1-2-4(11)6(10)5(3)7(12)8(13)14/h1-2,7,12H,(H,13,14). The Morgan fingerprint density at radius 1 is 1.57 bits per heavy atom. The molecule has 1 unspecified atom stereocenters.